The second kappa shape index (κ2) is 6.09. The molecule has 0 saturated carbocycles. The highest BCUT2D eigenvalue weighted by molar-refractivity contribution is 5.96. The highest BCUT2D eigenvalue weighted by Gasteiger charge is 2.35. The fraction of sp³-hybridized carbons (Fsp3) is 0.190. The van der Waals surface area contributed by atoms with Crippen molar-refractivity contribution >= 4 is 16.9 Å². The van der Waals surface area contributed by atoms with Crippen molar-refractivity contribution in [3.05, 3.63) is 83.4 Å². The van der Waals surface area contributed by atoms with Crippen LogP contribution < -0.4 is 0 Å². The van der Waals surface area contributed by atoms with Gasteiger partial charge in [0.25, 0.3) is 5.91 Å². The third kappa shape index (κ3) is 2.61. The van der Waals surface area contributed by atoms with Crippen LogP contribution in [0.5, 0.6) is 0 Å². The molecule has 0 aliphatic carbocycles. The molecule has 1 atom stereocenters. The quantitative estimate of drug-likeness (QED) is 0.593. The zero-order chi connectivity index (χ0) is 18.4. The average Bonchev–Trinajstić information content (AvgIpc) is 3.33. The summed E-state index contributed by atoms with van der Waals surface area (Å²) >= 11 is 0. The van der Waals surface area contributed by atoms with E-state index in [9.17, 15) is 4.79 Å². The Morgan fingerprint density at radius 1 is 1.22 bits per heavy atom. The molecule has 0 spiro atoms. The van der Waals surface area contributed by atoms with Gasteiger partial charge in [0.15, 0.2) is 5.76 Å². The van der Waals surface area contributed by atoms with Crippen molar-refractivity contribution in [3.8, 4) is 0 Å². The van der Waals surface area contributed by atoms with Crippen molar-refractivity contribution in [1.29, 1.82) is 0 Å². The Morgan fingerprint density at radius 2 is 2.07 bits per heavy atom. The zero-order valence-corrected chi connectivity index (χ0v) is 14.8. The summed E-state index contributed by atoms with van der Waals surface area (Å²) in [7, 11) is 0. The van der Waals surface area contributed by atoms with E-state index in [1.54, 1.807) is 18.7 Å². The van der Waals surface area contributed by atoms with Gasteiger partial charge in [-0.25, -0.2) is 4.98 Å². The van der Waals surface area contributed by atoms with Crippen molar-refractivity contribution in [2.24, 2.45) is 0 Å². The smallest absolute Gasteiger partial charge is 0.290 e. The molecule has 6 nitrogen and oxygen atoms in total. The first-order valence-electron chi connectivity index (χ1n) is 8.94. The summed E-state index contributed by atoms with van der Waals surface area (Å²) in [5, 5.41) is 0.941. The molecule has 134 valence electrons. The monoisotopic (exact) mass is 358 g/mol. The fourth-order valence-corrected chi connectivity index (χ4v) is 3.79. The first kappa shape index (κ1) is 15.8. The van der Waals surface area contributed by atoms with Crippen molar-refractivity contribution in [3.63, 3.8) is 0 Å². The number of aromatic nitrogens is 3. The number of fused-ring (bicyclic) bond motifs is 2. The number of aryl methyl sites for hydroxylation is 1. The van der Waals surface area contributed by atoms with E-state index in [1.807, 2.05) is 48.2 Å². The maximum Gasteiger partial charge on any atom is 0.290 e. The van der Waals surface area contributed by atoms with Gasteiger partial charge < -0.3 is 14.3 Å². The standard InChI is InChI=1S/C21H18N4O2/c1-13-2-3-17-15(10-13)11-18(27-17)21(26)25-9-6-16-19(24-12-23-16)20(25)14-4-7-22-8-5-14/h2-5,7-8,10-12,20H,6,9H2,1H3,(H,23,24)/t20-/m0/s1. The van der Waals surface area contributed by atoms with Crippen LogP contribution in [-0.2, 0) is 6.42 Å². The number of rotatable bonds is 2. The second-order valence-corrected chi connectivity index (χ2v) is 6.85. The molecule has 27 heavy (non-hydrogen) atoms. The van der Waals surface area contributed by atoms with Gasteiger partial charge in [-0.2, -0.15) is 0 Å². The van der Waals surface area contributed by atoms with E-state index in [4.69, 9.17) is 4.42 Å². The number of carbonyl (C=O) groups excluding carboxylic acids is 1. The number of nitrogens with zero attached hydrogens (tertiary/aromatic N) is 3. The Bertz CT molecular complexity index is 1130. The van der Waals surface area contributed by atoms with Gasteiger partial charge in [-0.3, -0.25) is 9.78 Å². The Balaban J connectivity index is 1.58. The fourth-order valence-electron chi connectivity index (χ4n) is 3.79. The maximum atomic E-state index is 13.3. The molecule has 0 fully saturated rings. The number of benzene rings is 1. The van der Waals surface area contributed by atoms with Gasteiger partial charge in [-0.15, -0.1) is 0 Å². The van der Waals surface area contributed by atoms with Crippen molar-refractivity contribution in [2.75, 3.05) is 6.54 Å². The van der Waals surface area contributed by atoms with Crippen LogP contribution in [0.4, 0.5) is 0 Å². The van der Waals surface area contributed by atoms with E-state index in [1.165, 1.54) is 0 Å². The van der Waals surface area contributed by atoms with Crippen LogP contribution in [0.2, 0.25) is 0 Å². The number of imidazole rings is 1. The van der Waals surface area contributed by atoms with Crippen LogP contribution in [0.1, 0.15) is 39.1 Å². The molecule has 1 aliphatic heterocycles. The van der Waals surface area contributed by atoms with E-state index in [2.05, 4.69) is 15.0 Å². The summed E-state index contributed by atoms with van der Waals surface area (Å²) in [6.45, 7) is 2.62. The summed E-state index contributed by atoms with van der Waals surface area (Å²) in [6.07, 6.45) is 5.91. The van der Waals surface area contributed by atoms with E-state index >= 15 is 0 Å². The molecular formula is C21H18N4O2. The summed E-state index contributed by atoms with van der Waals surface area (Å²) in [4.78, 5) is 27.0. The molecule has 3 aromatic heterocycles. The largest absolute Gasteiger partial charge is 0.451 e. The normalized spacial score (nSPS) is 16.5. The Morgan fingerprint density at radius 3 is 2.93 bits per heavy atom. The number of aromatic amines is 1. The third-order valence-electron chi connectivity index (χ3n) is 5.09. The van der Waals surface area contributed by atoms with E-state index < -0.39 is 0 Å². The minimum Gasteiger partial charge on any atom is -0.451 e. The van der Waals surface area contributed by atoms with Gasteiger partial charge >= 0.3 is 0 Å². The minimum absolute atomic E-state index is 0.126. The SMILES string of the molecule is Cc1ccc2oc(C(=O)N3CCc4[nH]cnc4[C@@H]3c3ccncc3)cc2c1. The van der Waals surface area contributed by atoms with Gasteiger partial charge in [0.2, 0.25) is 0 Å². The summed E-state index contributed by atoms with van der Waals surface area (Å²) in [5.41, 5.74) is 4.80. The first-order chi connectivity index (χ1) is 13.2. The lowest BCUT2D eigenvalue weighted by Gasteiger charge is -2.34. The zero-order valence-electron chi connectivity index (χ0n) is 14.8. The highest BCUT2D eigenvalue weighted by atomic mass is 16.3. The van der Waals surface area contributed by atoms with Crippen LogP contribution in [0.25, 0.3) is 11.0 Å². The topological polar surface area (TPSA) is 75.0 Å². The lowest BCUT2D eigenvalue weighted by Crippen LogP contribution is -2.40. The molecule has 1 N–H and O–H groups in total. The molecule has 5 rings (SSSR count). The predicted octanol–water partition coefficient (Wildman–Crippen LogP) is 3.65. The molecular weight excluding hydrogens is 340 g/mol. The van der Waals surface area contributed by atoms with E-state index in [0.29, 0.717) is 12.3 Å². The van der Waals surface area contributed by atoms with Crippen LogP contribution in [-0.4, -0.2) is 32.3 Å². The van der Waals surface area contributed by atoms with Gasteiger partial charge in [0.05, 0.1) is 12.0 Å². The molecule has 1 amide bonds. The number of pyridine rings is 1. The van der Waals surface area contributed by atoms with Gasteiger partial charge in [-0.05, 0) is 42.8 Å². The maximum absolute atomic E-state index is 13.3. The van der Waals surface area contributed by atoms with E-state index in [-0.39, 0.29) is 11.9 Å². The molecule has 1 aromatic carbocycles. The summed E-state index contributed by atoms with van der Waals surface area (Å²) < 4.78 is 5.86. The number of hydrogen-bond acceptors (Lipinski definition) is 4. The minimum atomic E-state index is -0.259. The van der Waals surface area contributed by atoms with Crippen LogP contribution in [0.3, 0.4) is 0 Å². The van der Waals surface area contributed by atoms with Crippen LogP contribution >= 0.6 is 0 Å². The summed E-state index contributed by atoms with van der Waals surface area (Å²) in [5.74, 6) is 0.230. The van der Waals surface area contributed by atoms with Gasteiger partial charge in [0.1, 0.15) is 11.6 Å². The lowest BCUT2D eigenvalue weighted by molar-refractivity contribution is 0.0660. The molecule has 0 unspecified atom stereocenters. The molecule has 6 heteroatoms. The number of furan rings is 1. The van der Waals surface area contributed by atoms with Gasteiger partial charge in [-0.1, -0.05) is 11.6 Å². The van der Waals surface area contributed by atoms with Gasteiger partial charge in [0, 0.05) is 36.4 Å². The molecule has 1 aliphatic rings. The second-order valence-electron chi connectivity index (χ2n) is 6.85. The van der Waals surface area contributed by atoms with Crippen molar-refractivity contribution in [1.82, 2.24) is 19.9 Å². The average molecular weight is 358 g/mol. The van der Waals surface area contributed by atoms with Crippen LogP contribution in [0.15, 0.2) is 59.5 Å². The highest BCUT2D eigenvalue weighted by Crippen LogP contribution is 2.34. The number of amides is 1. The Labute approximate surface area is 155 Å². The van der Waals surface area contributed by atoms with E-state index in [0.717, 1.165) is 39.9 Å². The molecule has 0 radical (unpaired) electrons. The number of nitrogens with one attached hydrogen (secondary N) is 1. The number of H-pyrrole nitrogens is 1. The van der Waals surface area contributed by atoms with Crippen molar-refractivity contribution < 1.29 is 9.21 Å². The Kier molecular flexibility index (Phi) is 3.57. The third-order valence-corrected chi connectivity index (χ3v) is 5.09. The van der Waals surface area contributed by atoms with Crippen LogP contribution in [0, 0.1) is 6.92 Å². The first-order valence-corrected chi connectivity index (χ1v) is 8.94. The molecule has 0 saturated heterocycles. The number of carbonyl (C=O) groups is 1. The molecule has 4 heterocycles. The number of hydrogen-bond donors (Lipinski definition) is 1. The lowest BCUT2D eigenvalue weighted by atomic mass is 9.96. The summed E-state index contributed by atoms with van der Waals surface area (Å²) in [6, 6.07) is 11.3. The molecule has 4 aromatic rings. The van der Waals surface area contributed by atoms with Crippen molar-refractivity contribution in [2.45, 2.75) is 19.4 Å². The Hall–Kier alpha value is -3.41. The molecule has 0 bridgehead atoms. The predicted molar refractivity (Wildman–Crippen MR) is 100 cm³/mol.